The normalized spacial score (nSPS) is 23.8. The average Bonchev–Trinajstić information content (AvgIpc) is 3.16. The fraction of sp³-hybridized carbons (Fsp3) is 0.857. The summed E-state index contributed by atoms with van der Waals surface area (Å²) >= 11 is 1.59. The highest BCUT2D eigenvalue weighted by Gasteiger charge is 2.29. The molecule has 106 valence electrons. The van der Waals surface area contributed by atoms with Crippen LogP contribution in [0.25, 0.3) is 0 Å². The molecule has 1 aromatic rings. The molecular formula is C14H24N4S. The Labute approximate surface area is 119 Å². The summed E-state index contributed by atoms with van der Waals surface area (Å²) in [7, 11) is 0. The Hall–Kier alpha value is -0.680. The van der Waals surface area contributed by atoms with Crippen LogP contribution in [0.15, 0.2) is 0 Å². The van der Waals surface area contributed by atoms with Gasteiger partial charge in [-0.15, -0.1) is 0 Å². The zero-order valence-corrected chi connectivity index (χ0v) is 12.7. The molecule has 5 heteroatoms. The summed E-state index contributed by atoms with van der Waals surface area (Å²) in [6.07, 6.45) is 5.21. The lowest BCUT2D eigenvalue weighted by Gasteiger charge is -2.32. The van der Waals surface area contributed by atoms with E-state index in [-0.39, 0.29) is 0 Å². The molecule has 1 aromatic heterocycles. The Balaban J connectivity index is 1.67. The molecule has 1 unspecified atom stereocenters. The maximum absolute atomic E-state index is 4.77. The number of piperidine rings is 1. The van der Waals surface area contributed by atoms with Crippen molar-refractivity contribution in [2.75, 3.05) is 24.5 Å². The minimum atomic E-state index is 0.502. The molecule has 3 rings (SSSR count). The molecule has 1 saturated carbocycles. The van der Waals surface area contributed by atoms with E-state index < -0.39 is 0 Å². The molecule has 0 radical (unpaired) electrons. The molecule has 2 fully saturated rings. The van der Waals surface area contributed by atoms with Crippen molar-refractivity contribution in [1.29, 1.82) is 0 Å². The van der Waals surface area contributed by atoms with Crippen molar-refractivity contribution in [3.05, 3.63) is 5.82 Å². The SMILES string of the molecule is CC(C)N(CC1CCCNC1)c1nc(C2CC2)ns1. The first-order valence-corrected chi connectivity index (χ1v) is 8.32. The Morgan fingerprint density at radius 1 is 1.37 bits per heavy atom. The van der Waals surface area contributed by atoms with Gasteiger partial charge in [0.2, 0.25) is 5.13 Å². The van der Waals surface area contributed by atoms with E-state index in [4.69, 9.17) is 4.98 Å². The molecule has 1 atom stereocenters. The summed E-state index contributed by atoms with van der Waals surface area (Å²) < 4.78 is 4.55. The maximum Gasteiger partial charge on any atom is 0.205 e. The molecule has 2 heterocycles. The first-order chi connectivity index (χ1) is 9.24. The van der Waals surface area contributed by atoms with Gasteiger partial charge >= 0.3 is 0 Å². The molecule has 1 saturated heterocycles. The van der Waals surface area contributed by atoms with E-state index in [1.165, 1.54) is 32.2 Å². The molecule has 4 nitrogen and oxygen atoms in total. The topological polar surface area (TPSA) is 41.0 Å². The molecule has 0 bridgehead atoms. The van der Waals surface area contributed by atoms with Gasteiger partial charge in [0.05, 0.1) is 0 Å². The van der Waals surface area contributed by atoms with E-state index in [1.54, 1.807) is 11.5 Å². The van der Waals surface area contributed by atoms with Crippen molar-refractivity contribution in [3.63, 3.8) is 0 Å². The van der Waals surface area contributed by atoms with E-state index in [0.29, 0.717) is 12.0 Å². The van der Waals surface area contributed by atoms with Crippen LogP contribution in [-0.2, 0) is 0 Å². The highest BCUT2D eigenvalue weighted by Crippen LogP contribution is 2.40. The molecule has 2 aliphatic rings. The zero-order valence-electron chi connectivity index (χ0n) is 11.9. The first-order valence-electron chi connectivity index (χ1n) is 7.55. The van der Waals surface area contributed by atoms with Crippen LogP contribution in [-0.4, -0.2) is 35.0 Å². The molecule has 19 heavy (non-hydrogen) atoms. The third-order valence-electron chi connectivity index (χ3n) is 4.10. The summed E-state index contributed by atoms with van der Waals surface area (Å²) in [6, 6.07) is 0.502. The van der Waals surface area contributed by atoms with Crippen LogP contribution in [0.2, 0.25) is 0 Å². The monoisotopic (exact) mass is 280 g/mol. The quantitative estimate of drug-likeness (QED) is 0.900. The van der Waals surface area contributed by atoms with E-state index in [1.807, 2.05) is 0 Å². The van der Waals surface area contributed by atoms with Gasteiger partial charge in [0.15, 0.2) is 0 Å². The van der Waals surface area contributed by atoms with E-state index >= 15 is 0 Å². The predicted molar refractivity (Wildman–Crippen MR) is 80.0 cm³/mol. The van der Waals surface area contributed by atoms with Crippen molar-refractivity contribution in [2.24, 2.45) is 5.92 Å². The molecule has 1 aliphatic heterocycles. The van der Waals surface area contributed by atoms with E-state index in [9.17, 15) is 0 Å². The van der Waals surface area contributed by atoms with Gasteiger partial charge in [0.25, 0.3) is 0 Å². The van der Waals surface area contributed by atoms with Gasteiger partial charge in [0.1, 0.15) is 5.82 Å². The number of nitrogens with zero attached hydrogens (tertiary/aromatic N) is 3. The van der Waals surface area contributed by atoms with Gasteiger partial charge in [-0.1, -0.05) is 0 Å². The van der Waals surface area contributed by atoms with Gasteiger partial charge in [-0.25, -0.2) is 4.98 Å². The van der Waals surface area contributed by atoms with Gasteiger partial charge in [-0.05, 0) is 58.5 Å². The minimum absolute atomic E-state index is 0.502. The van der Waals surface area contributed by atoms with Crippen molar-refractivity contribution < 1.29 is 0 Å². The molecule has 0 amide bonds. The number of hydrogen-bond donors (Lipinski definition) is 1. The predicted octanol–water partition coefficient (Wildman–Crippen LogP) is 2.63. The fourth-order valence-electron chi connectivity index (χ4n) is 2.72. The summed E-state index contributed by atoms with van der Waals surface area (Å²) in [6.45, 7) is 7.97. The minimum Gasteiger partial charge on any atom is -0.344 e. The standard InChI is InChI=1S/C14H24N4S/c1-10(2)18(9-11-4-3-7-15-8-11)14-16-13(17-19-14)12-5-6-12/h10-12,15H,3-9H2,1-2H3. The third-order valence-corrected chi connectivity index (χ3v) is 4.86. The summed E-state index contributed by atoms with van der Waals surface area (Å²) in [5.74, 6) is 2.51. The highest BCUT2D eigenvalue weighted by atomic mass is 32.1. The number of nitrogens with one attached hydrogen (secondary N) is 1. The van der Waals surface area contributed by atoms with Crippen LogP contribution in [0, 0.1) is 5.92 Å². The molecule has 0 aromatic carbocycles. The molecule has 0 spiro atoms. The largest absolute Gasteiger partial charge is 0.344 e. The summed E-state index contributed by atoms with van der Waals surface area (Å²) in [4.78, 5) is 7.22. The van der Waals surface area contributed by atoms with E-state index in [2.05, 4.69) is 28.4 Å². The Bertz CT molecular complexity index is 407. The number of anilines is 1. The highest BCUT2D eigenvalue weighted by molar-refractivity contribution is 7.09. The lowest BCUT2D eigenvalue weighted by Crippen LogP contribution is -2.41. The molecular weight excluding hydrogens is 256 g/mol. The second-order valence-electron chi connectivity index (χ2n) is 6.17. The maximum atomic E-state index is 4.77. The number of hydrogen-bond acceptors (Lipinski definition) is 5. The van der Waals surface area contributed by atoms with Gasteiger partial charge < -0.3 is 10.2 Å². The second kappa shape index (κ2) is 5.75. The first kappa shape index (κ1) is 13.3. The average molecular weight is 280 g/mol. The van der Waals surface area contributed by atoms with Gasteiger partial charge in [-0.2, -0.15) is 4.37 Å². The molecule has 1 N–H and O–H groups in total. The van der Waals surface area contributed by atoms with Crippen LogP contribution < -0.4 is 10.2 Å². The van der Waals surface area contributed by atoms with Crippen molar-refractivity contribution in [1.82, 2.24) is 14.7 Å². The molecule has 1 aliphatic carbocycles. The Morgan fingerprint density at radius 3 is 2.84 bits per heavy atom. The van der Waals surface area contributed by atoms with Crippen LogP contribution in [0.4, 0.5) is 5.13 Å². The van der Waals surface area contributed by atoms with Crippen LogP contribution >= 0.6 is 11.5 Å². The zero-order chi connectivity index (χ0) is 13.2. The lowest BCUT2D eigenvalue weighted by molar-refractivity contribution is 0.371. The summed E-state index contributed by atoms with van der Waals surface area (Å²) in [5.41, 5.74) is 0. The number of aromatic nitrogens is 2. The van der Waals surface area contributed by atoms with Crippen LogP contribution in [0.1, 0.15) is 51.3 Å². The van der Waals surface area contributed by atoms with Gasteiger partial charge in [0, 0.05) is 30.0 Å². The van der Waals surface area contributed by atoms with Crippen molar-refractivity contribution >= 4 is 16.7 Å². The smallest absolute Gasteiger partial charge is 0.205 e. The lowest BCUT2D eigenvalue weighted by atomic mass is 9.99. The van der Waals surface area contributed by atoms with Crippen LogP contribution in [0.3, 0.4) is 0 Å². The van der Waals surface area contributed by atoms with Crippen LogP contribution in [0.5, 0.6) is 0 Å². The third kappa shape index (κ3) is 3.26. The number of rotatable bonds is 5. The Kier molecular flexibility index (Phi) is 4.03. The van der Waals surface area contributed by atoms with Crippen molar-refractivity contribution in [3.8, 4) is 0 Å². The van der Waals surface area contributed by atoms with Crippen molar-refractivity contribution in [2.45, 2.75) is 51.5 Å². The van der Waals surface area contributed by atoms with Gasteiger partial charge in [-0.3, -0.25) is 0 Å². The Morgan fingerprint density at radius 2 is 2.21 bits per heavy atom. The second-order valence-corrected chi connectivity index (χ2v) is 6.90. The fourth-order valence-corrected chi connectivity index (χ4v) is 3.61. The van der Waals surface area contributed by atoms with E-state index in [0.717, 1.165) is 30.0 Å². The summed E-state index contributed by atoms with van der Waals surface area (Å²) in [5, 5.41) is 4.63.